The molecular weight excluding hydrogens is 236 g/mol. The van der Waals surface area contributed by atoms with Crippen molar-refractivity contribution in [3.05, 3.63) is 42.0 Å². The van der Waals surface area contributed by atoms with Gasteiger partial charge in [-0.05, 0) is 30.9 Å². The lowest BCUT2D eigenvalue weighted by Gasteiger charge is -2.36. The number of para-hydroxylation sites is 1. The van der Waals surface area contributed by atoms with Crippen LogP contribution in [0.3, 0.4) is 0 Å². The SMILES string of the molecule is C=C1C(=O)NN(c2ccccc2C(C)(C)C)C1(C)C. The van der Waals surface area contributed by atoms with Gasteiger partial charge in [0, 0.05) is 5.57 Å². The highest BCUT2D eigenvalue weighted by molar-refractivity contribution is 6.00. The highest BCUT2D eigenvalue weighted by Gasteiger charge is 2.42. The Balaban J connectivity index is 2.55. The van der Waals surface area contributed by atoms with Gasteiger partial charge in [-0.2, -0.15) is 0 Å². The largest absolute Gasteiger partial charge is 0.275 e. The van der Waals surface area contributed by atoms with Crippen molar-refractivity contribution in [1.29, 1.82) is 0 Å². The van der Waals surface area contributed by atoms with Crippen LogP contribution in [0, 0.1) is 0 Å². The molecule has 1 aromatic rings. The van der Waals surface area contributed by atoms with Crippen LogP contribution in [0.4, 0.5) is 5.69 Å². The van der Waals surface area contributed by atoms with Gasteiger partial charge in [0.25, 0.3) is 5.91 Å². The van der Waals surface area contributed by atoms with Crippen LogP contribution in [0.5, 0.6) is 0 Å². The lowest BCUT2D eigenvalue weighted by atomic mass is 9.84. The monoisotopic (exact) mass is 258 g/mol. The van der Waals surface area contributed by atoms with Crippen LogP contribution in [-0.4, -0.2) is 11.4 Å². The lowest BCUT2D eigenvalue weighted by Crippen LogP contribution is -2.46. The second-order valence-corrected chi connectivity index (χ2v) is 6.58. The number of carbonyl (C=O) groups is 1. The third-order valence-electron chi connectivity index (χ3n) is 3.74. The fraction of sp³-hybridized carbons (Fsp3) is 0.438. The molecule has 1 fully saturated rings. The Hall–Kier alpha value is -1.77. The number of nitrogens with one attached hydrogen (secondary N) is 1. The standard InChI is InChI=1S/C16H22N2O/c1-11-14(19)17-18(16(11,5)6)13-10-8-7-9-12(13)15(2,3)4/h7-10H,1H2,2-6H3,(H,17,19). The van der Waals surface area contributed by atoms with Crippen LogP contribution in [0.25, 0.3) is 0 Å². The maximum absolute atomic E-state index is 11.9. The average Bonchev–Trinajstić information content (AvgIpc) is 2.52. The average molecular weight is 258 g/mol. The molecule has 102 valence electrons. The van der Waals surface area contributed by atoms with Gasteiger partial charge in [0.05, 0.1) is 11.2 Å². The van der Waals surface area contributed by atoms with Crippen LogP contribution in [0.2, 0.25) is 0 Å². The third kappa shape index (κ3) is 2.14. The van der Waals surface area contributed by atoms with Gasteiger partial charge in [0.2, 0.25) is 0 Å². The maximum atomic E-state index is 11.9. The van der Waals surface area contributed by atoms with Crippen LogP contribution >= 0.6 is 0 Å². The van der Waals surface area contributed by atoms with E-state index in [4.69, 9.17) is 0 Å². The molecule has 3 nitrogen and oxygen atoms in total. The fourth-order valence-corrected chi connectivity index (χ4v) is 2.39. The van der Waals surface area contributed by atoms with Gasteiger partial charge in [-0.15, -0.1) is 0 Å². The number of hydrazine groups is 1. The zero-order valence-corrected chi connectivity index (χ0v) is 12.4. The second-order valence-electron chi connectivity index (χ2n) is 6.58. The van der Waals surface area contributed by atoms with Gasteiger partial charge in [-0.25, -0.2) is 0 Å². The zero-order chi connectivity index (χ0) is 14.4. The molecule has 3 heteroatoms. The smallest absolute Gasteiger partial charge is 0.267 e. The summed E-state index contributed by atoms with van der Waals surface area (Å²) in [4.78, 5) is 11.9. The summed E-state index contributed by atoms with van der Waals surface area (Å²) in [6.45, 7) is 14.4. The van der Waals surface area contributed by atoms with E-state index in [0.29, 0.717) is 5.57 Å². The number of hydrogen-bond donors (Lipinski definition) is 1. The van der Waals surface area contributed by atoms with E-state index in [9.17, 15) is 4.79 Å². The van der Waals surface area contributed by atoms with E-state index in [0.717, 1.165) is 5.69 Å². The molecule has 1 aromatic carbocycles. The maximum Gasteiger partial charge on any atom is 0.267 e. The van der Waals surface area contributed by atoms with Crippen molar-refractivity contribution >= 4 is 11.6 Å². The molecule has 0 spiro atoms. The Bertz CT molecular complexity index is 538. The van der Waals surface area contributed by atoms with Gasteiger partial charge in [-0.1, -0.05) is 45.5 Å². The number of rotatable bonds is 1. The molecule has 1 N–H and O–H groups in total. The second kappa shape index (κ2) is 4.12. The molecule has 0 aliphatic carbocycles. The molecule has 19 heavy (non-hydrogen) atoms. The molecule has 0 aromatic heterocycles. The van der Waals surface area contributed by atoms with Crippen molar-refractivity contribution in [3.63, 3.8) is 0 Å². The van der Waals surface area contributed by atoms with Gasteiger partial charge < -0.3 is 0 Å². The number of nitrogens with zero attached hydrogens (tertiary/aromatic N) is 1. The first-order valence-electron chi connectivity index (χ1n) is 6.56. The summed E-state index contributed by atoms with van der Waals surface area (Å²) in [5.74, 6) is -0.103. The fourth-order valence-electron chi connectivity index (χ4n) is 2.39. The first-order chi connectivity index (χ1) is 8.65. The Kier molecular flexibility index (Phi) is 2.96. The Morgan fingerprint density at radius 3 is 2.26 bits per heavy atom. The predicted molar refractivity (Wildman–Crippen MR) is 79.0 cm³/mol. The molecule has 1 heterocycles. The van der Waals surface area contributed by atoms with Crippen LogP contribution in [0.15, 0.2) is 36.4 Å². The van der Waals surface area contributed by atoms with E-state index in [2.05, 4.69) is 38.8 Å². The summed E-state index contributed by atoms with van der Waals surface area (Å²) >= 11 is 0. The van der Waals surface area contributed by atoms with Crippen molar-refractivity contribution in [3.8, 4) is 0 Å². The first kappa shape index (κ1) is 13.7. The molecule has 0 atom stereocenters. The molecule has 1 aliphatic rings. The quantitative estimate of drug-likeness (QED) is 0.785. The van der Waals surface area contributed by atoms with Crippen molar-refractivity contribution in [1.82, 2.24) is 5.43 Å². The normalized spacial score (nSPS) is 18.7. The molecule has 0 bridgehead atoms. The van der Waals surface area contributed by atoms with Crippen LogP contribution in [-0.2, 0) is 10.2 Å². The molecule has 0 radical (unpaired) electrons. The lowest BCUT2D eigenvalue weighted by molar-refractivity contribution is -0.116. The van der Waals surface area contributed by atoms with E-state index in [1.165, 1.54) is 5.56 Å². The number of carbonyl (C=O) groups excluding carboxylic acids is 1. The zero-order valence-electron chi connectivity index (χ0n) is 12.4. The molecule has 2 rings (SSSR count). The van der Waals surface area contributed by atoms with Crippen LogP contribution in [0.1, 0.15) is 40.2 Å². The number of anilines is 1. The Morgan fingerprint density at radius 1 is 1.21 bits per heavy atom. The first-order valence-corrected chi connectivity index (χ1v) is 6.56. The van der Waals surface area contributed by atoms with E-state index in [-0.39, 0.29) is 11.3 Å². The minimum atomic E-state index is -0.418. The van der Waals surface area contributed by atoms with Crippen molar-refractivity contribution < 1.29 is 4.79 Å². The van der Waals surface area contributed by atoms with E-state index >= 15 is 0 Å². The third-order valence-corrected chi connectivity index (χ3v) is 3.74. The summed E-state index contributed by atoms with van der Waals surface area (Å²) in [6.07, 6.45) is 0. The Labute approximate surface area is 115 Å². The van der Waals surface area contributed by atoms with Crippen molar-refractivity contribution in [2.45, 2.75) is 45.6 Å². The molecule has 0 saturated carbocycles. The molecule has 1 aliphatic heterocycles. The highest BCUT2D eigenvalue weighted by atomic mass is 16.2. The van der Waals surface area contributed by atoms with Gasteiger partial charge in [0.15, 0.2) is 0 Å². The molecule has 1 saturated heterocycles. The number of amides is 1. The van der Waals surface area contributed by atoms with E-state index < -0.39 is 5.54 Å². The highest BCUT2D eigenvalue weighted by Crippen LogP contribution is 2.38. The number of benzene rings is 1. The van der Waals surface area contributed by atoms with E-state index in [1.54, 1.807) is 0 Å². The molecule has 0 unspecified atom stereocenters. The minimum Gasteiger partial charge on any atom is -0.275 e. The van der Waals surface area contributed by atoms with Gasteiger partial charge >= 0.3 is 0 Å². The minimum absolute atomic E-state index is 0.0152. The summed E-state index contributed by atoms with van der Waals surface area (Å²) in [7, 11) is 0. The van der Waals surface area contributed by atoms with Crippen LogP contribution < -0.4 is 10.4 Å². The summed E-state index contributed by atoms with van der Waals surface area (Å²) in [5.41, 5.74) is 5.35. The van der Waals surface area contributed by atoms with Crippen molar-refractivity contribution in [2.75, 3.05) is 5.01 Å². The topological polar surface area (TPSA) is 32.3 Å². The number of hydrogen-bond acceptors (Lipinski definition) is 2. The molecular formula is C16H22N2O. The van der Waals surface area contributed by atoms with Gasteiger partial charge in [0.1, 0.15) is 0 Å². The predicted octanol–water partition coefficient (Wildman–Crippen LogP) is 3.17. The summed E-state index contributed by atoms with van der Waals surface area (Å²) in [5, 5.41) is 1.93. The summed E-state index contributed by atoms with van der Waals surface area (Å²) < 4.78 is 0. The van der Waals surface area contributed by atoms with E-state index in [1.807, 2.05) is 37.1 Å². The summed E-state index contributed by atoms with van der Waals surface area (Å²) in [6, 6.07) is 8.18. The molecule has 1 amide bonds. The Morgan fingerprint density at radius 2 is 1.79 bits per heavy atom. The van der Waals surface area contributed by atoms with Crippen molar-refractivity contribution in [2.24, 2.45) is 0 Å². The van der Waals surface area contributed by atoms with Gasteiger partial charge in [-0.3, -0.25) is 15.2 Å².